The lowest BCUT2D eigenvalue weighted by Crippen LogP contribution is -2.31. The van der Waals surface area contributed by atoms with Gasteiger partial charge in [-0.15, -0.1) is 0 Å². The molecule has 0 heterocycles. The molecule has 0 bridgehead atoms. The summed E-state index contributed by atoms with van der Waals surface area (Å²) < 4.78 is 29.5. The van der Waals surface area contributed by atoms with Gasteiger partial charge in [-0.1, -0.05) is 32.1 Å². The molecule has 2 N–H and O–H groups in total. The minimum Gasteiger partial charge on any atom is -0.313 e. The number of hydrogen-bond donors (Lipinski definition) is 2. The largest absolute Gasteiger partial charge is 0.319 e. The molecule has 0 aromatic carbocycles. The van der Waals surface area contributed by atoms with E-state index in [9.17, 15) is 8.42 Å². The van der Waals surface area contributed by atoms with E-state index in [0.717, 1.165) is 0 Å². The molecule has 0 saturated heterocycles. The van der Waals surface area contributed by atoms with Crippen molar-refractivity contribution in [3.8, 4) is 0 Å². The Labute approximate surface area is 102 Å². The fourth-order valence-electron chi connectivity index (χ4n) is 2.07. The Bertz CT molecular complexity index is 272. The van der Waals surface area contributed by atoms with Crippen molar-refractivity contribution in [1.82, 2.24) is 5.32 Å². The minimum absolute atomic E-state index is 0.412. The van der Waals surface area contributed by atoms with E-state index >= 15 is 0 Å². The van der Waals surface area contributed by atoms with Crippen LogP contribution in [0.4, 0.5) is 0 Å². The van der Waals surface area contributed by atoms with Crippen molar-refractivity contribution in [2.24, 2.45) is 0 Å². The van der Waals surface area contributed by atoms with E-state index in [1.165, 1.54) is 44.9 Å². The molecule has 4 nitrogen and oxygen atoms in total. The monoisotopic (exact) mass is 267 g/mol. The third-order valence-electron chi connectivity index (χ3n) is 2.87. The molecule has 0 unspecified atom stereocenters. The molecular formula is C10H21NO3S2. The van der Waals surface area contributed by atoms with Gasteiger partial charge in [-0.2, -0.15) is 8.42 Å². The van der Waals surface area contributed by atoms with Gasteiger partial charge in [0.05, 0.1) is 0 Å². The first-order chi connectivity index (χ1) is 7.58. The van der Waals surface area contributed by atoms with Gasteiger partial charge in [0.2, 0.25) is 0 Å². The quantitative estimate of drug-likeness (QED) is 0.454. The summed E-state index contributed by atoms with van der Waals surface area (Å²) in [5, 5.41) is 3.37. The molecule has 1 fully saturated rings. The number of nitrogens with one attached hydrogen (secondary N) is 1. The molecule has 96 valence electrons. The average molecular weight is 267 g/mol. The average Bonchev–Trinajstić information content (AvgIpc) is 2.13. The Morgan fingerprint density at radius 3 is 2.25 bits per heavy atom. The topological polar surface area (TPSA) is 66.4 Å². The number of rotatable bonds is 5. The molecule has 1 aliphatic rings. The van der Waals surface area contributed by atoms with Crippen LogP contribution in [0.25, 0.3) is 0 Å². The first-order valence-electron chi connectivity index (χ1n) is 5.93. The summed E-state index contributed by atoms with van der Waals surface area (Å²) in [6.45, 7) is 0.648. The highest BCUT2D eigenvalue weighted by Gasteiger charge is 2.11. The lowest BCUT2D eigenvalue weighted by Gasteiger charge is -2.20. The van der Waals surface area contributed by atoms with E-state index in [2.05, 4.69) is 5.32 Å². The van der Waals surface area contributed by atoms with Crippen LogP contribution >= 0.6 is 10.8 Å². The van der Waals surface area contributed by atoms with Crippen molar-refractivity contribution >= 4 is 19.9 Å². The van der Waals surface area contributed by atoms with Crippen molar-refractivity contribution in [2.45, 2.75) is 51.0 Å². The second kappa shape index (κ2) is 7.53. The summed E-state index contributed by atoms with van der Waals surface area (Å²) in [7, 11) is -3.27. The first-order valence-corrected chi connectivity index (χ1v) is 8.87. The zero-order valence-electron chi connectivity index (χ0n) is 9.52. The van der Waals surface area contributed by atoms with Crippen LogP contribution in [-0.2, 0) is 9.15 Å². The van der Waals surface area contributed by atoms with Crippen LogP contribution in [0, 0.1) is 0 Å². The maximum absolute atomic E-state index is 10.5. The zero-order valence-corrected chi connectivity index (χ0v) is 11.2. The van der Waals surface area contributed by atoms with Gasteiger partial charge in [0, 0.05) is 18.3 Å². The molecule has 0 radical (unpaired) electrons. The number of hydrogen-bond acceptors (Lipinski definition) is 4. The van der Waals surface area contributed by atoms with Crippen LogP contribution in [0.2, 0.25) is 0 Å². The maximum Gasteiger partial charge on any atom is 0.319 e. The van der Waals surface area contributed by atoms with Crippen LogP contribution in [0.3, 0.4) is 0 Å². The van der Waals surface area contributed by atoms with Gasteiger partial charge < -0.3 is 5.32 Å². The predicted molar refractivity (Wildman–Crippen MR) is 68.1 cm³/mol. The summed E-state index contributed by atoms with van der Waals surface area (Å²) in [6, 6.07) is 0.530. The molecule has 0 spiro atoms. The van der Waals surface area contributed by atoms with Gasteiger partial charge in [0.1, 0.15) is 0 Å². The van der Waals surface area contributed by atoms with E-state index in [0.29, 0.717) is 29.1 Å². The lowest BCUT2D eigenvalue weighted by molar-refractivity contribution is 0.397. The van der Waals surface area contributed by atoms with E-state index in [-0.39, 0.29) is 0 Å². The summed E-state index contributed by atoms with van der Waals surface area (Å²) in [6.07, 6.45) is 8.90. The van der Waals surface area contributed by atoms with Crippen LogP contribution in [0.1, 0.15) is 44.9 Å². The van der Waals surface area contributed by atoms with Gasteiger partial charge in [-0.25, -0.2) is 0 Å². The van der Waals surface area contributed by atoms with E-state index < -0.39 is 9.15 Å². The molecule has 16 heavy (non-hydrogen) atoms. The van der Waals surface area contributed by atoms with E-state index in [1.54, 1.807) is 0 Å². The Morgan fingerprint density at radius 1 is 1.12 bits per heavy atom. The molecule has 0 aliphatic heterocycles. The Balaban J connectivity index is 2.10. The second-order valence-electron chi connectivity index (χ2n) is 4.25. The highest BCUT2D eigenvalue weighted by molar-refractivity contribution is 8.69. The van der Waals surface area contributed by atoms with Crippen molar-refractivity contribution in [3.63, 3.8) is 0 Å². The molecule has 0 atom stereocenters. The molecule has 6 heteroatoms. The standard InChI is InChI=1S/C10H21NO3S2/c12-16(13,14)15-9-8-11-10-6-4-2-1-3-5-7-10/h10-11H,1-9H2,(H,12,13,14). The molecule has 1 saturated carbocycles. The van der Waals surface area contributed by atoms with Gasteiger partial charge in [-0.3, -0.25) is 4.55 Å². The second-order valence-corrected chi connectivity index (χ2v) is 7.72. The highest BCUT2D eigenvalue weighted by atomic mass is 33.1. The lowest BCUT2D eigenvalue weighted by atomic mass is 9.97. The van der Waals surface area contributed by atoms with Gasteiger partial charge in [-0.05, 0) is 23.6 Å². The van der Waals surface area contributed by atoms with Crippen LogP contribution in [0.5, 0.6) is 0 Å². The fraction of sp³-hybridized carbons (Fsp3) is 1.00. The normalized spacial score (nSPS) is 20.3. The Hall–Kier alpha value is 0.220. The third-order valence-corrected chi connectivity index (χ3v) is 4.93. The molecule has 0 amide bonds. The van der Waals surface area contributed by atoms with Crippen molar-refractivity contribution in [1.29, 1.82) is 0 Å². The Morgan fingerprint density at radius 2 is 1.69 bits per heavy atom. The van der Waals surface area contributed by atoms with Gasteiger partial charge >= 0.3 is 9.15 Å². The van der Waals surface area contributed by atoms with Crippen LogP contribution in [0.15, 0.2) is 0 Å². The summed E-state index contributed by atoms with van der Waals surface area (Å²) in [5.74, 6) is 0.412. The third kappa shape index (κ3) is 7.49. The molecule has 0 aromatic heterocycles. The zero-order chi connectivity index (χ0) is 11.9. The van der Waals surface area contributed by atoms with Crippen molar-refractivity contribution < 1.29 is 13.0 Å². The summed E-state index contributed by atoms with van der Waals surface area (Å²) in [5.41, 5.74) is 0. The predicted octanol–water partition coefficient (Wildman–Crippen LogP) is 2.22. The minimum atomic E-state index is -3.86. The van der Waals surface area contributed by atoms with Crippen LogP contribution < -0.4 is 5.32 Å². The molecule has 1 aliphatic carbocycles. The van der Waals surface area contributed by atoms with Crippen molar-refractivity contribution in [3.05, 3.63) is 0 Å². The van der Waals surface area contributed by atoms with E-state index in [4.69, 9.17) is 4.55 Å². The smallest absolute Gasteiger partial charge is 0.313 e. The molecular weight excluding hydrogens is 246 g/mol. The van der Waals surface area contributed by atoms with Crippen LogP contribution in [-0.4, -0.2) is 31.3 Å². The first kappa shape index (κ1) is 14.3. The molecule has 0 aromatic rings. The fourth-order valence-corrected chi connectivity index (χ4v) is 3.36. The van der Waals surface area contributed by atoms with Gasteiger partial charge in [0.15, 0.2) is 0 Å². The molecule has 1 rings (SSSR count). The highest BCUT2D eigenvalue weighted by Crippen LogP contribution is 2.17. The Kier molecular flexibility index (Phi) is 6.72. The van der Waals surface area contributed by atoms with Crippen molar-refractivity contribution in [2.75, 3.05) is 12.3 Å². The van der Waals surface area contributed by atoms with Gasteiger partial charge in [0.25, 0.3) is 0 Å². The van der Waals surface area contributed by atoms with E-state index in [1.807, 2.05) is 0 Å². The maximum atomic E-state index is 10.5. The summed E-state index contributed by atoms with van der Waals surface area (Å²) >= 11 is 0. The summed E-state index contributed by atoms with van der Waals surface area (Å²) in [4.78, 5) is 0. The SMILES string of the molecule is O=S(=O)(O)SCCNC1CCCCCCC1.